The third-order valence-electron chi connectivity index (χ3n) is 8.21. The molecule has 8 rings (SSSR count). The van der Waals surface area contributed by atoms with Gasteiger partial charge in [0.15, 0.2) is 0 Å². The van der Waals surface area contributed by atoms with Gasteiger partial charge in [-0.1, -0.05) is 10.3 Å². The van der Waals surface area contributed by atoms with Crippen molar-refractivity contribution in [3.63, 3.8) is 0 Å². The maximum atomic E-state index is 13.0. The van der Waals surface area contributed by atoms with Crippen molar-refractivity contribution in [2.24, 2.45) is 5.73 Å². The lowest BCUT2D eigenvalue weighted by atomic mass is 10.2. The third kappa shape index (κ3) is 13.1. The SMILES string of the molecule is NCCc1nc(-c2ccc(F)cc2)cs1.O=C(NCCc1nc(-c2ccc(F)cc2)cs1)c1cncc(-c2noc(C(F)(F)F)n2)c1.O=C(O)c1cncc(-c2noc(C(F)(F)F)n2)c1. The maximum absolute atomic E-state index is 13.0. The van der Waals surface area contributed by atoms with E-state index in [0.717, 1.165) is 51.7 Å². The average Bonchev–Trinajstić information content (AvgIpc) is 4.13. The highest BCUT2D eigenvalue weighted by Gasteiger charge is 2.39. The molecule has 4 N–H and O–H groups in total. The zero-order chi connectivity index (χ0) is 46.7. The number of nitrogens with two attached hydrogens (primary N) is 1. The average molecular weight is 945 g/mol. The number of hydrogen-bond acceptors (Lipinski definition) is 15. The molecule has 0 unspecified atom stereocenters. The van der Waals surface area contributed by atoms with Crippen molar-refractivity contribution in [2.45, 2.75) is 25.2 Å². The molecule has 25 heteroatoms. The van der Waals surface area contributed by atoms with Crippen LogP contribution in [0.5, 0.6) is 0 Å². The summed E-state index contributed by atoms with van der Waals surface area (Å²) in [7, 11) is 0. The Bertz CT molecular complexity index is 2850. The fourth-order valence-electron chi connectivity index (χ4n) is 5.14. The molecule has 2 aromatic carbocycles. The van der Waals surface area contributed by atoms with E-state index in [2.05, 4.69) is 54.6 Å². The second-order valence-corrected chi connectivity index (χ2v) is 14.8. The van der Waals surface area contributed by atoms with E-state index in [4.69, 9.17) is 10.8 Å². The highest BCUT2D eigenvalue weighted by Crippen LogP contribution is 2.31. The first-order chi connectivity index (χ1) is 31.0. The lowest BCUT2D eigenvalue weighted by Gasteiger charge is -2.04. The topological polar surface area (TPSA) is 222 Å². The number of carbonyl (C=O) groups excluding carboxylic acids is 1. The highest BCUT2D eigenvalue weighted by molar-refractivity contribution is 7.10. The Kier molecular flexibility index (Phi) is 15.1. The molecule has 0 spiro atoms. The van der Waals surface area contributed by atoms with E-state index in [9.17, 15) is 44.7 Å². The van der Waals surface area contributed by atoms with E-state index in [1.165, 1.54) is 54.1 Å². The predicted octanol–water partition coefficient (Wildman–Crippen LogP) is 8.68. The summed E-state index contributed by atoms with van der Waals surface area (Å²) in [5.74, 6) is -5.96. The number of rotatable bonds is 11. The number of carbonyl (C=O) groups is 2. The van der Waals surface area contributed by atoms with Gasteiger partial charge in [-0.15, -0.1) is 22.7 Å². The van der Waals surface area contributed by atoms with Crippen molar-refractivity contribution in [3.8, 4) is 45.3 Å². The molecule has 0 bridgehead atoms. The van der Waals surface area contributed by atoms with E-state index in [1.807, 2.05) is 10.8 Å². The molecule has 1 amide bonds. The summed E-state index contributed by atoms with van der Waals surface area (Å²) in [6, 6.07) is 14.8. The highest BCUT2D eigenvalue weighted by atomic mass is 32.1. The van der Waals surface area contributed by atoms with Crippen LogP contribution in [0.1, 0.15) is 42.5 Å². The van der Waals surface area contributed by atoms with Crippen LogP contribution in [0.3, 0.4) is 0 Å². The Labute approximate surface area is 368 Å². The zero-order valence-corrected chi connectivity index (χ0v) is 34.3. The van der Waals surface area contributed by atoms with E-state index in [1.54, 1.807) is 35.6 Å². The van der Waals surface area contributed by atoms with Gasteiger partial charge in [0, 0.05) is 77.2 Å². The molecule has 0 aliphatic heterocycles. The summed E-state index contributed by atoms with van der Waals surface area (Å²) in [6.07, 6.45) is -3.55. The van der Waals surface area contributed by atoms with Crippen LogP contribution in [-0.2, 0) is 25.2 Å². The van der Waals surface area contributed by atoms with Crippen molar-refractivity contribution in [1.29, 1.82) is 0 Å². The molecular weight excluding hydrogens is 917 g/mol. The van der Waals surface area contributed by atoms with Crippen LogP contribution < -0.4 is 11.1 Å². The second kappa shape index (κ2) is 20.9. The molecule has 0 fully saturated rings. The second-order valence-electron chi connectivity index (χ2n) is 12.9. The summed E-state index contributed by atoms with van der Waals surface area (Å²) in [4.78, 5) is 45.8. The number of halogens is 8. The van der Waals surface area contributed by atoms with Crippen LogP contribution in [0.4, 0.5) is 35.1 Å². The Hall–Kier alpha value is -7.38. The molecule has 8 aromatic rings. The van der Waals surface area contributed by atoms with Crippen molar-refractivity contribution in [2.75, 3.05) is 13.1 Å². The first-order valence-electron chi connectivity index (χ1n) is 18.3. The normalized spacial score (nSPS) is 11.3. The van der Waals surface area contributed by atoms with Crippen molar-refractivity contribution >= 4 is 34.6 Å². The van der Waals surface area contributed by atoms with E-state index >= 15 is 0 Å². The van der Waals surface area contributed by atoms with Crippen molar-refractivity contribution < 1.29 is 58.9 Å². The van der Waals surface area contributed by atoms with Crippen LogP contribution >= 0.6 is 22.7 Å². The number of alkyl halides is 6. The molecule has 0 aliphatic carbocycles. The molecule has 336 valence electrons. The van der Waals surface area contributed by atoms with Gasteiger partial charge in [-0.25, -0.2) is 23.5 Å². The van der Waals surface area contributed by atoms with Gasteiger partial charge in [0.2, 0.25) is 11.6 Å². The van der Waals surface area contributed by atoms with Gasteiger partial charge in [0.05, 0.1) is 32.5 Å². The molecule has 15 nitrogen and oxygen atoms in total. The zero-order valence-electron chi connectivity index (χ0n) is 32.6. The van der Waals surface area contributed by atoms with Gasteiger partial charge in [-0.05, 0) is 67.2 Å². The Balaban J connectivity index is 0.000000178. The minimum absolute atomic E-state index is 0.0224. The first kappa shape index (κ1) is 47.1. The molecular formula is C40H28F8N10O5S2. The number of hydrogen-bond donors (Lipinski definition) is 3. The minimum Gasteiger partial charge on any atom is -0.478 e. The lowest BCUT2D eigenvalue weighted by Crippen LogP contribution is -2.25. The number of amides is 1. The molecule has 0 aliphatic rings. The Morgan fingerprint density at radius 2 is 1.08 bits per heavy atom. The van der Waals surface area contributed by atoms with Crippen LogP contribution in [-0.4, -0.2) is 70.3 Å². The van der Waals surface area contributed by atoms with Gasteiger partial charge in [-0.3, -0.25) is 14.8 Å². The molecule has 6 aromatic heterocycles. The number of aromatic nitrogens is 8. The fourth-order valence-corrected chi connectivity index (χ4v) is 6.77. The van der Waals surface area contributed by atoms with Gasteiger partial charge >= 0.3 is 30.1 Å². The summed E-state index contributed by atoms with van der Waals surface area (Å²) in [5.41, 5.74) is 8.86. The number of thiazole rings is 2. The quantitative estimate of drug-likeness (QED) is 0.103. The molecule has 0 saturated heterocycles. The number of aromatic carboxylic acids is 1. The summed E-state index contributed by atoms with van der Waals surface area (Å²) in [5, 5.41) is 23.4. The third-order valence-corrected chi connectivity index (χ3v) is 10.0. The number of carboxylic acid groups (broad SMARTS) is 1. The van der Waals surface area contributed by atoms with Gasteiger partial charge in [0.25, 0.3) is 5.91 Å². The molecule has 65 heavy (non-hydrogen) atoms. The molecule has 0 saturated carbocycles. The monoisotopic (exact) mass is 944 g/mol. The molecule has 0 atom stereocenters. The van der Waals surface area contributed by atoms with E-state index in [0.29, 0.717) is 18.7 Å². The molecule has 6 heterocycles. The van der Waals surface area contributed by atoms with Crippen LogP contribution in [0, 0.1) is 11.6 Å². The van der Waals surface area contributed by atoms with E-state index < -0.39 is 36.0 Å². The lowest BCUT2D eigenvalue weighted by molar-refractivity contribution is -0.160. The smallest absolute Gasteiger partial charge is 0.471 e. The van der Waals surface area contributed by atoms with Crippen molar-refractivity contribution in [3.05, 3.63) is 141 Å². The maximum Gasteiger partial charge on any atom is 0.471 e. The number of nitrogens with one attached hydrogen (secondary N) is 1. The molecule has 0 radical (unpaired) electrons. The first-order valence-corrected chi connectivity index (χ1v) is 20.1. The van der Waals surface area contributed by atoms with Gasteiger partial charge < -0.3 is 25.2 Å². The fraction of sp³-hybridized carbons (Fsp3) is 0.150. The van der Waals surface area contributed by atoms with Gasteiger partial charge in [0.1, 0.15) is 11.6 Å². The van der Waals surface area contributed by atoms with Crippen LogP contribution in [0.2, 0.25) is 0 Å². The van der Waals surface area contributed by atoms with Crippen LogP contribution in [0.25, 0.3) is 45.3 Å². The summed E-state index contributed by atoms with van der Waals surface area (Å²) in [6.45, 7) is 0.885. The number of nitrogens with zero attached hydrogens (tertiary/aromatic N) is 8. The van der Waals surface area contributed by atoms with Crippen molar-refractivity contribution in [1.82, 2.24) is 45.5 Å². The van der Waals surface area contributed by atoms with Gasteiger partial charge in [-0.2, -0.15) is 36.3 Å². The number of benzene rings is 2. The minimum atomic E-state index is -4.76. The summed E-state index contributed by atoms with van der Waals surface area (Å²) < 4.78 is 108. The Morgan fingerprint density at radius 1 is 0.631 bits per heavy atom. The number of pyridine rings is 2. The standard InChI is InChI=1S/C20H13F4N5O2S.C11H11FN2S.C9H4F3N3O3/c21-14-3-1-11(2-4-14)15-10-32-16(27-15)5-6-26-18(30)13-7-12(8-25-9-13)17-28-19(31-29-17)20(22,23)24;12-9-3-1-8(2-4-9)10-7-15-11(14-10)5-6-13;10-9(11,12)8-14-6(15-18-8)4-1-5(7(16)17)3-13-2-4/h1-4,7-10H,5-6H2,(H,26,30);1-4,7H,5-6,13H2;1-3H,(H,16,17). The summed E-state index contributed by atoms with van der Waals surface area (Å²) >= 11 is 3.00. The largest absolute Gasteiger partial charge is 0.478 e. The van der Waals surface area contributed by atoms with Crippen LogP contribution in [0.15, 0.2) is 105 Å². The number of carboxylic acids is 1. The Morgan fingerprint density at radius 3 is 1.51 bits per heavy atom. The predicted molar refractivity (Wildman–Crippen MR) is 216 cm³/mol. The van der Waals surface area contributed by atoms with E-state index in [-0.39, 0.29) is 52.1 Å².